The van der Waals surface area contributed by atoms with Crippen LogP contribution < -0.4 is 9.64 Å². The number of halogens is 3. The third-order valence-electron chi connectivity index (χ3n) is 5.48. The van der Waals surface area contributed by atoms with Crippen molar-refractivity contribution >= 4 is 34.4 Å². The third kappa shape index (κ3) is 4.57. The predicted octanol–water partition coefficient (Wildman–Crippen LogP) is 5.29. The first-order chi connectivity index (χ1) is 16.1. The number of aromatic nitrogens is 2. The van der Waals surface area contributed by atoms with Gasteiger partial charge in [-0.15, -0.1) is 0 Å². The lowest BCUT2D eigenvalue weighted by Crippen LogP contribution is -2.50. The third-order valence-corrected chi connectivity index (χ3v) is 5.77. The molecule has 10 heteroatoms. The van der Waals surface area contributed by atoms with Crippen molar-refractivity contribution in [3.05, 3.63) is 47.2 Å². The fourth-order valence-electron chi connectivity index (χ4n) is 3.94. The van der Waals surface area contributed by atoms with Gasteiger partial charge >= 0.3 is 6.09 Å². The minimum absolute atomic E-state index is 0.0110. The van der Waals surface area contributed by atoms with E-state index in [1.165, 1.54) is 37.7 Å². The molecule has 1 aromatic heterocycles. The van der Waals surface area contributed by atoms with Crippen LogP contribution in [-0.2, 0) is 4.74 Å². The van der Waals surface area contributed by atoms with E-state index >= 15 is 4.39 Å². The van der Waals surface area contributed by atoms with E-state index in [2.05, 4.69) is 9.97 Å². The molecule has 1 aliphatic heterocycles. The van der Waals surface area contributed by atoms with Gasteiger partial charge in [0.05, 0.1) is 17.7 Å². The Hall–Kier alpha value is -3.20. The molecule has 2 aromatic carbocycles. The van der Waals surface area contributed by atoms with Gasteiger partial charge < -0.3 is 19.3 Å². The van der Waals surface area contributed by atoms with E-state index in [0.717, 1.165) is 0 Å². The Morgan fingerprint density at radius 3 is 2.44 bits per heavy atom. The molecule has 0 aliphatic carbocycles. The van der Waals surface area contributed by atoms with Crippen LogP contribution in [0.4, 0.5) is 19.4 Å². The summed E-state index contributed by atoms with van der Waals surface area (Å²) in [6, 6.07) is 5.76. The summed E-state index contributed by atoms with van der Waals surface area (Å²) in [5.74, 6) is -0.775. The summed E-state index contributed by atoms with van der Waals surface area (Å²) < 4.78 is 41.0. The number of fused-ring (bicyclic) bond motifs is 1. The summed E-state index contributed by atoms with van der Waals surface area (Å²) in [6.07, 6.45) is 0.884. The lowest BCUT2D eigenvalue weighted by Gasteiger charge is -2.36. The highest BCUT2D eigenvalue weighted by Crippen LogP contribution is 2.42. The van der Waals surface area contributed by atoms with E-state index in [9.17, 15) is 9.18 Å². The first-order valence-corrected chi connectivity index (χ1v) is 11.2. The number of hydrogen-bond donors (Lipinski definition) is 0. The normalized spacial score (nSPS) is 14.4. The van der Waals surface area contributed by atoms with Gasteiger partial charge in [0.25, 0.3) is 0 Å². The van der Waals surface area contributed by atoms with Crippen molar-refractivity contribution in [1.82, 2.24) is 14.9 Å². The molecule has 0 N–H and O–H groups in total. The van der Waals surface area contributed by atoms with Gasteiger partial charge in [-0.2, -0.15) is 0 Å². The van der Waals surface area contributed by atoms with Crippen molar-refractivity contribution in [3.8, 4) is 16.9 Å². The van der Waals surface area contributed by atoms with Gasteiger partial charge in [0.2, 0.25) is 0 Å². The Balaban J connectivity index is 1.68. The van der Waals surface area contributed by atoms with Crippen LogP contribution in [0.1, 0.15) is 20.8 Å². The number of hydrogen-bond acceptors (Lipinski definition) is 6. The molecule has 0 spiro atoms. The fraction of sp³-hybridized carbons (Fsp3) is 0.375. The molecule has 0 radical (unpaired) electrons. The Morgan fingerprint density at radius 1 is 1.09 bits per heavy atom. The molecule has 0 saturated carbocycles. The topological polar surface area (TPSA) is 67.8 Å². The average Bonchev–Trinajstić information content (AvgIpc) is 2.78. The number of rotatable bonds is 3. The highest BCUT2D eigenvalue weighted by molar-refractivity contribution is 6.34. The maximum atomic E-state index is 15.7. The molecule has 0 bridgehead atoms. The molecule has 0 atom stereocenters. The predicted molar refractivity (Wildman–Crippen MR) is 126 cm³/mol. The standard InChI is InChI=1S/C24H25ClF2N4O3/c1-24(2,3)34-23(32)31-10-8-30(9-11-31)22-14-12-15(25)18(20(27)21(14)28-13-29-22)19-16(26)6-5-7-17(19)33-4/h5-7,12-13H,8-11H2,1-4H3. The van der Waals surface area contributed by atoms with Gasteiger partial charge in [0.1, 0.15) is 34.8 Å². The molecule has 1 amide bonds. The van der Waals surface area contributed by atoms with Gasteiger partial charge in [-0.05, 0) is 39.0 Å². The Morgan fingerprint density at radius 2 is 1.79 bits per heavy atom. The molecule has 2 heterocycles. The van der Waals surface area contributed by atoms with Crippen LogP contribution >= 0.6 is 11.6 Å². The largest absolute Gasteiger partial charge is 0.496 e. The molecule has 1 aliphatic rings. The van der Waals surface area contributed by atoms with E-state index in [1.807, 2.05) is 25.7 Å². The minimum Gasteiger partial charge on any atom is -0.496 e. The second kappa shape index (κ2) is 9.21. The lowest BCUT2D eigenvalue weighted by atomic mass is 10.0. The number of benzene rings is 2. The molecule has 180 valence electrons. The van der Waals surface area contributed by atoms with E-state index in [1.54, 1.807) is 4.90 Å². The van der Waals surface area contributed by atoms with E-state index < -0.39 is 17.2 Å². The molecule has 34 heavy (non-hydrogen) atoms. The van der Waals surface area contributed by atoms with Crippen LogP contribution in [0.3, 0.4) is 0 Å². The van der Waals surface area contributed by atoms with Crippen LogP contribution in [0.2, 0.25) is 5.02 Å². The molecule has 0 unspecified atom stereocenters. The summed E-state index contributed by atoms with van der Waals surface area (Å²) in [4.78, 5) is 24.4. The van der Waals surface area contributed by atoms with Crippen LogP contribution in [-0.4, -0.2) is 59.9 Å². The highest BCUT2D eigenvalue weighted by atomic mass is 35.5. The smallest absolute Gasteiger partial charge is 0.410 e. The van der Waals surface area contributed by atoms with Crippen LogP contribution in [0.5, 0.6) is 5.75 Å². The maximum Gasteiger partial charge on any atom is 0.410 e. The van der Waals surface area contributed by atoms with Gasteiger partial charge in [-0.1, -0.05) is 17.7 Å². The van der Waals surface area contributed by atoms with E-state index in [4.69, 9.17) is 21.1 Å². The van der Waals surface area contributed by atoms with Gasteiger partial charge in [0, 0.05) is 37.1 Å². The zero-order valence-electron chi connectivity index (χ0n) is 19.4. The molecular formula is C24H25ClF2N4O3. The van der Waals surface area contributed by atoms with Crippen LogP contribution in [0.15, 0.2) is 30.6 Å². The van der Waals surface area contributed by atoms with Crippen molar-refractivity contribution in [3.63, 3.8) is 0 Å². The van der Waals surface area contributed by atoms with Crippen molar-refractivity contribution in [2.45, 2.75) is 26.4 Å². The Kier molecular flexibility index (Phi) is 6.49. The van der Waals surface area contributed by atoms with Crippen molar-refractivity contribution < 1.29 is 23.0 Å². The van der Waals surface area contributed by atoms with Gasteiger partial charge in [-0.25, -0.2) is 23.5 Å². The number of nitrogens with zero attached hydrogens (tertiary/aromatic N) is 4. The summed E-state index contributed by atoms with van der Waals surface area (Å²) in [6.45, 7) is 7.22. The summed E-state index contributed by atoms with van der Waals surface area (Å²) in [7, 11) is 1.38. The van der Waals surface area contributed by atoms with Crippen LogP contribution in [0.25, 0.3) is 22.0 Å². The van der Waals surface area contributed by atoms with Crippen molar-refractivity contribution in [2.75, 3.05) is 38.2 Å². The fourth-order valence-corrected chi connectivity index (χ4v) is 4.23. The molecule has 3 aromatic rings. The number of piperazine rings is 1. The molecule has 1 saturated heterocycles. The number of anilines is 1. The number of ether oxygens (including phenoxy) is 2. The summed E-state index contributed by atoms with van der Waals surface area (Å²) in [5, 5.41) is 0.409. The van der Waals surface area contributed by atoms with E-state index in [0.29, 0.717) is 37.4 Å². The maximum absolute atomic E-state index is 15.7. The van der Waals surface area contributed by atoms with Crippen LogP contribution in [0, 0.1) is 11.6 Å². The molecule has 7 nitrogen and oxygen atoms in total. The zero-order chi connectivity index (χ0) is 24.6. The minimum atomic E-state index is -0.762. The first-order valence-electron chi connectivity index (χ1n) is 10.8. The number of methoxy groups -OCH3 is 1. The molecular weight excluding hydrogens is 466 g/mol. The first kappa shape index (κ1) is 23.9. The number of amides is 1. The highest BCUT2D eigenvalue weighted by Gasteiger charge is 2.28. The quantitative estimate of drug-likeness (QED) is 0.496. The second-order valence-corrected chi connectivity index (χ2v) is 9.32. The van der Waals surface area contributed by atoms with Gasteiger partial charge in [0.15, 0.2) is 5.82 Å². The number of carbonyl (C=O) groups excluding carboxylic acids is 1. The van der Waals surface area contributed by atoms with E-state index in [-0.39, 0.29) is 33.5 Å². The summed E-state index contributed by atoms with van der Waals surface area (Å²) in [5.41, 5.74) is -0.752. The monoisotopic (exact) mass is 490 g/mol. The van der Waals surface area contributed by atoms with Gasteiger partial charge in [-0.3, -0.25) is 0 Å². The SMILES string of the molecule is COc1cccc(F)c1-c1c(Cl)cc2c(N3CCN(C(=O)OC(C)(C)C)CC3)ncnc2c1F. The lowest BCUT2D eigenvalue weighted by molar-refractivity contribution is 0.0240. The van der Waals surface area contributed by atoms with Crippen molar-refractivity contribution in [1.29, 1.82) is 0 Å². The molecule has 1 fully saturated rings. The Labute approximate surface area is 201 Å². The summed E-state index contributed by atoms with van der Waals surface area (Å²) >= 11 is 6.48. The average molecular weight is 491 g/mol. The Bertz CT molecular complexity index is 1240. The zero-order valence-corrected chi connectivity index (χ0v) is 20.1. The van der Waals surface area contributed by atoms with Crippen molar-refractivity contribution in [2.24, 2.45) is 0 Å². The molecule has 4 rings (SSSR count). The second-order valence-electron chi connectivity index (χ2n) is 8.91. The number of carbonyl (C=O) groups is 1.